The van der Waals surface area contributed by atoms with Crippen molar-refractivity contribution in [2.45, 2.75) is 45.8 Å². The van der Waals surface area contributed by atoms with Crippen LogP contribution in [0.25, 0.3) is 21.9 Å². The molecule has 4 heterocycles. The molecular formula is C28H32N8O3. The Bertz CT molecular complexity index is 1790. The van der Waals surface area contributed by atoms with Gasteiger partial charge in [-0.3, -0.25) is 18.7 Å². The number of benzene rings is 1. The molecule has 39 heavy (non-hydrogen) atoms. The Kier molecular flexibility index (Phi) is 6.97. The Labute approximate surface area is 225 Å². The average Bonchev–Trinajstić information content (AvgIpc) is 3.28. The van der Waals surface area contributed by atoms with Gasteiger partial charge in [-0.25, -0.2) is 14.8 Å². The molecule has 202 valence electrons. The highest BCUT2D eigenvalue weighted by atomic mass is 16.2. The summed E-state index contributed by atoms with van der Waals surface area (Å²) in [5, 5.41) is 3.59. The molecule has 3 aromatic heterocycles. The standard InChI is InChI=1S/C28H32N8O3/c1-5-6-14-35-24-23(22(25(37)30-3)26(35)34-13-9-10-18(29)15-34)33(4)28(39)36(27(24)38)16-21-31-17(2)19-11-7-8-12-20(19)32-21/h7-8,11-12,18H,9-10,13-16,29H2,1-4H3,(H,30,37). The summed E-state index contributed by atoms with van der Waals surface area (Å²) in [4.78, 5) is 52.3. The molecule has 0 aliphatic carbocycles. The Morgan fingerprint density at radius 1 is 1.18 bits per heavy atom. The first-order valence-electron chi connectivity index (χ1n) is 13.0. The largest absolute Gasteiger partial charge is 0.356 e. The molecule has 1 atom stereocenters. The van der Waals surface area contributed by atoms with E-state index in [1.54, 1.807) is 18.5 Å². The van der Waals surface area contributed by atoms with Crippen molar-refractivity contribution in [1.29, 1.82) is 0 Å². The van der Waals surface area contributed by atoms with Crippen molar-refractivity contribution in [1.82, 2.24) is 29.0 Å². The zero-order chi connectivity index (χ0) is 27.8. The Morgan fingerprint density at radius 2 is 1.95 bits per heavy atom. The van der Waals surface area contributed by atoms with Crippen molar-refractivity contribution in [3.63, 3.8) is 0 Å². The van der Waals surface area contributed by atoms with Crippen molar-refractivity contribution in [3.8, 4) is 11.8 Å². The van der Waals surface area contributed by atoms with Gasteiger partial charge in [-0.05, 0) is 32.8 Å². The van der Waals surface area contributed by atoms with Gasteiger partial charge in [0.1, 0.15) is 22.7 Å². The quantitative estimate of drug-likeness (QED) is 0.371. The summed E-state index contributed by atoms with van der Waals surface area (Å²) in [6.45, 7) is 4.83. The molecule has 0 bridgehead atoms. The van der Waals surface area contributed by atoms with E-state index in [4.69, 9.17) is 5.73 Å². The van der Waals surface area contributed by atoms with E-state index in [2.05, 4.69) is 27.1 Å². The van der Waals surface area contributed by atoms with Gasteiger partial charge in [-0.1, -0.05) is 24.1 Å². The lowest BCUT2D eigenvalue weighted by Crippen LogP contribution is -2.44. The van der Waals surface area contributed by atoms with E-state index in [1.807, 2.05) is 36.1 Å². The highest BCUT2D eigenvalue weighted by Gasteiger charge is 2.32. The van der Waals surface area contributed by atoms with Crippen LogP contribution in [-0.4, -0.2) is 55.8 Å². The average molecular weight is 529 g/mol. The molecule has 1 aromatic carbocycles. The van der Waals surface area contributed by atoms with Gasteiger partial charge < -0.3 is 20.5 Å². The van der Waals surface area contributed by atoms with Gasteiger partial charge in [0, 0.05) is 44.3 Å². The summed E-state index contributed by atoms with van der Waals surface area (Å²) in [5.74, 6) is 6.43. The van der Waals surface area contributed by atoms with Crippen LogP contribution in [0.4, 0.5) is 5.82 Å². The molecule has 4 aromatic rings. The van der Waals surface area contributed by atoms with Crippen molar-refractivity contribution >= 4 is 33.7 Å². The molecule has 0 spiro atoms. The third-order valence-electron chi connectivity index (χ3n) is 7.28. The van der Waals surface area contributed by atoms with Gasteiger partial charge >= 0.3 is 5.69 Å². The second-order valence-corrected chi connectivity index (χ2v) is 9.81. The number of nitrogens with one attached hydrogen (secondary N) is 1. The minimum atomic E-state index is -0.562. The topological polar surface area (TPSA) is 133 Å². The van der Waals surface area contributed by atoms with Gasteiger partial charge in [0.25, 0.3) is 11.5 Å². The fraction of sp³-hybridized carbons (Fsp3) is 0.393. The van der Waals surface area contributed by atoms with Crippen LogP contribution in [0.5, 0.6) is 0 Å². The fourth-order valence-electron chi connectivity index (χ4n) is 5.45. The number of hydrogen-bond acceptors (Lipinski definition) is 7. The van der Waals surface area contributed by atoms with Crippen LogP contribution in [0.3, 0.4) is 0 Å². The Morgan fingerprint density at radius 3 is 2.67 bits per heavy atom. The van der Waals surface area contributed by atoms with Crippen molar-refractivity contribution in [2.75, 3.05) is 25.0 Å². The molecule has 1 unspecified atom stereocenters. The number of nitrogens with two attached hydrogens (primary N) is 1. The summed E-state index contributed by atoms with van der Waals surface area (Å²) in [6.07, 6.45) is 1.72. The van der Waals surface area contributed by atoms with Crippen LogP contribution in [-0.2, 0) is 20.1 Å². The molecule has 1 fully saturated rings. The fourth-order valence-corrected chi connectivity index (χ4v) is 5.45. The van der Waals surface area contributed by atoms with Crippen LogP contribution in [0.1, 0.15) is 41.6 Å². The summed E-state index contributed by atoms with van der Waals surface area (Å²) >= 11 is 0. The first kappa shape index (κ1) is 26.2. The second kappa shape index (κ2) is 10.4. The van der Waals surface area contributed by atoms with Crippen LogP contribution in [0, 0.1) is 18.8 Å². The maximum absolute atomic E-state index is 14.1. The molecule has 0 radical (unpaired) electrons. The van der Waals surface area contributed by atoms with Gasteiger partial charge in [-0.2, -0.15) is 0 Å². The number of anilines is 1. The first-order chi connectivity index (χ1) is 18.8. The summed E-state index contributed by atoms with van der Waals surface area (Å²) in [5.41, 5.74) is 7.46. The van der Waals surface area contributed by atoms with Crippen molar-refractivity contribution in [3.05, 3.63) is 62.2 Å². The summed E-state index contributed by atoms with van der Waals surface area (Å²) in [7, 11) is 3.10. The van der Waals surface area contributed by atoms with E-state index in [1.165, 1.54) is 11.6 Å². The number of nitrogens with zero attached hydrogens (tertiary/aromatic N) is 6. The SMILES string of the molecule is CC#CCn1c(N2CCCC(N)C2)c(C(=O)NC)c2c1c(=O)n(Cc1nc(C)c3ccccc3n1)c(=O)n2C. The highest BCUT2D eigenvalue weighted by Crippen LogP contribution is 2.32. The normalized spacial score (nSPS) is 15.4. The number of aromatic nitrogens is 5. The van der Waals surface area contributed by atoms with Gasteiger partial charge in [0.05, 0.1) is 24.1 Å². The number of carbonyl (C=O) groups is 1. The molecular weight excluding hydrogens is 496 g/mol. The summed E-state index contributed by atoms with van der Waals surface area (Å²) < 4.78 is 4.23. The molecule has 0 saturated carbocycles. The third-order valence-corrected chi connectivity index (χ3v) is 7.28. The molecule has 1 amide bonds. The van der Waals surface area contributed by atoms with E-state index in [0.29, 0.717) is 24.7 Å². The second-order valence-electron chi connectivity index (χ2n) is 9.81. The predicted molar refractivity (Wildman–Crippen MR) is 151 cm³/mol. The van der Waals surface area contributed by atoms with E-state index in [9.17, 15) is 14.4 Å². The zero-order valence-corrected chi connectivity index (χ0v) is 22.6. The summed E-state index contributed by atoms with van der Waals surface area (Å²) in [6, 6.07) is 7.52. The molecule has 3 N–H and O–H groups in total. The molecule has 1 aliphatic heterocycles. The highest BCUT2D eigenvalue weighted by molar-refractivity contribution is 6.11. The lowest BCUT2D eigenvalue weighted by molar-refractivity contribution is 0.0964. The van der Waals surface area contributed by atoms with Crippen LogP contribution in [0.2, 0.25) is 0 Å². The minimum absolute atomic E-state index is 0.0752. The molecule has 5 rings (SSSR count). The van der Waals surface area contributed by atoms with Crippen LogP contribution >= 0.6 is 0 Å². The van der Waals surface area contributed by atoms with Gasteiger partial charge in [0.2, 0.25) is 0 Å². The molecule has 1 saturated heterocycles. The zero-order valence-electron chi connectivity index (χ0n) is 22.6. The number of rotatable bonds is 5. The Hall–Kier alpha value is -4.43. The third kappa shape index (κ3) is 4.46. The molecule has 11 nitrogen and oxygen atoms in total. The monoisotopic (exact) mass is 528 g/mol. The number of carbonyl (C=O) groups excluding carboxylic acids is 1. The maximum atomic E-state index is 14.1. The van der Waals surface area contributed by atoms with E-state index in [0.717, 1.165) is 34.0 Å². The van der Waals surface area contributed by atoms with E-state index in [-0.39, 0.29) is 35.7 Å². The van der Waals surface area contributed by atoms with E-state index < -0.39 is 17.2 Å². The lowest BCUT2D eigenvalue weighted by atomic mass is 10.1. The first-order valence-corrected chi connectivity index (χ1v) is 13.0. The number of fused-ring (bicyclic) bond motifs is 2. The number of aryl methyl sites for hydroxylation is 2. The number of piperidine rings is 1. The van der Waals surface area contributed by atoms with Crippen LogP contribution in [0.15, 0.2) is 33.9 Å². The van der Waals surface area contributed by atoms with Crippen LogP contribution < -0.4 is 27.2 Å². The number of hydrogen-bond donors (Lipinski definition) is 2. The smallest absolute Gasteiger partial charge is 0.331 e. The van der Waals surface area contributed by atoms with Crippen molar-refractivity contribution in [2.24, 2.45) is 12.8 Å². The minimum Gasteiger partial charge on any atom is -0.356 e. The van der Waals surface area contributed by atoms with E-state index >= 15 is 0 Å². The number of amides is 1. The predicted octanol–water partition coefficient (Wildman–Crippen LogP) is 1.11. The lowest BCUT2D eigenvalue weighted by Gasteiger charge is -2.33. The molecule has 1 aliphatic rings. The van der Waals surface area contributed by atoms with Crippen molar-refractivity contribution < 1.29 is 4.79 Å². The van der Waals surface area contributed by atoms with Gasteiger partial charge in [-0.15, -0.1) is 5.92 Å². The van der Waals surface area contributed by atoms with Gasteiger partial charge in [0.15, 0.2) is 0 Å². The molecule has 11 heteroatoms. The number of para-hydroxylation sites is 1. The maximum Gasteiger partial charge on any atom is 0.331 e. The Balaban J connectivity index is 1.80.